The highest BCUT2D eigenvalue weighted by Crippen LogP contribution is 2.23. The van der Waals surface area contributed by atoms with Crippen LogP contribution in [0.1, 0.15) is 29.9 Å². The van der Waals surface area contributed by atoms with Gasteiger partial charge in [0.15, 0.2) is 0 Å². The van der Waals surface area contributed by atoms with Gasteiger partial charge in [0.05, 0.1) is 11.6 Å². The van der Waals surface area contributed by atoms with Crippen molar-refractivity contribution >= 4 is 11.8 Å². The van der Waals surface area contributed by atoms with Crippen LogP contribution in [0.3, 0.4) is 0 Å². The SMILES string of the molecule is Cc1cc(N2CCCC(C(=O)O)C2)nc(-n2nc(C)cc2C)n1. The highest BCUT2D eigenvalue weighted by molar-refractivity contribution is 5.71. The van der Waals surface area contributed by atoms with Crippen LogP contribution in [0.25, 0.3) is 5.95 Å². The van der Waals surface area contributed by atoms with Crippen molar-refractivity contribution in [3.63, 3.8) is 0 Å². The highest BCUT2D eigenvalue weighted by Gasteiger charge is 2.26. The molecule has 1 aliphatic rings. The molecule has 0 saturated carbocycles. The predicted molar refractivity (Wildman–Crippen MR) is 85.9 cm³/mol. The minimum absolute atomic E-state index is 0.337. The van der Waals surface area contributed by atoms with Crippen LogP contribution in [0.2, 0.25) is 0 Å². The highest BCUT2D eigenvalue weighted by atomic mass is 16.4. The van der Waals surface area contributed by atoms with Gasteiger partial charge in [-0.2, -0.15) is 10.1 Å². The molecule has 2 aromatic heterocycles. The summed E-state index contributed by atoms with van der Waals surface area (Å²) in [6, 6.07) is 3.88. The Hall–Kier alpha value is -2.44. The van der Waals surface area contributed by atoms with E-state index in [2.05, 4.69) is 15.1 Å². The summed E-state index contributed by atoms with van der Waals surface area (Å²) < 4.78 is 1.73. The Balaban J connectivity index is 1.94. The summed E-state index contributed by atoms with van der Waals surface area (Å²) in [7, 11) is 0. The van der Waals surface area contributed by atoms with Crippen molar-refractivity contribution in [1.82, 2.24) is 19.7 Å². The molecule has 0 aliphatic carbocycles. The van der Waals surface area contributed by atoms with E-state index in [1.54, 1.807) is 4.68 Å². The fourth-order valence-electron chi connectivity index (χ4n) is 3.01. The molecule has 122 valence electrons. The number of carboxylic acid groups (broad SMARTS) is 1. The molecule has 2 aromatic rings. The van der Waals surface area contributed by atoms with Gasteiger partial charge in [-0.05, 0) is 39.7 Å². The molecule has 23 heavy (non-hydrogen) atoms. The number of carboxylic acids is 1. The lowest BCUT2D eigenvalue weighted by atomic mass is 9.98. The summed E-state index contributed by atoms with van der Waals surface area (Å²) in [4.78, 5) is 22.4. The van der Waals surface area contributed by atoms with E-state index < -0.39 is 5.97 Å². The average Bonchev–Trinajstić information content (AvgIpc) is 2.85. The standard InChI is InChI=1S/C16H21N5O2/c1-10-8-14(20-6-4-5-13(9-20)15(22)23)18-16(17-10)21-12(3)7-11(2)19-21/h7-8,13H,4-6,9H2,1-3H3,(H,22,23). The topological polar surface area (TPSA) is 84.1 Å². The first-order chi connectivity index (χ1) is 10.9. The lowest BCUT2D eigenvalue weighted by molar-refractivity contribution is -0.141. The number of aromatic nitrogens is 4. The smallest absolute Gasteiger partial charge is 0.308 e. The molecule has 0 amide bonds. The van der Waals surface area contributed by atoms with E-state index in [4.69, 9.17) is 0 Å². The van der Waals surface area contributed by atoms with Crippen LogP contribution in [-0.4, -0.2) is 43.9 Å². The van der Waals surface area contributed by atoms with Crippen LogP contribution >= 0.6 is 0 Å². The number of carbonyl (C=O) groups is 1. The minimum Gasteiger partial charge on any atom is -0.481 e. The van der Waals surface area contributed by atoms with Gasteiger partial charge in [0.1, 0.15) is 5.82 Å². The molecule has 0 bridgehead atoms. The van der Waals surface area contributed by atoms with Gasteiger partial charge in [-0.25, -0.2) is 9.67 Å². The van der Waals surface area contributed by atoms with Crippen molar-refractivity contribution in [1.29, 1.82) is 0 Å². The van der Waals surface area contributed by atoms with Crippen LogP contribution in [0.5, 0.6) is 0 Å². The van der Waals surface area contributed by atoms with E-state index >= 15 is 0 Å². The molecule has 0 spiro atoms. The second-order valence-corrected chi connectivity index (χ2v) is 6.13. The normalized spacial score (nSPS) is 18.2. The molecular formula is C16H21N5O2. The monoisotopic (exact) mass is 315 g/mol. The van der Waals surface area contributed by atoms with Crippen molar-refractivity contribution in [3.8, 4) is 5.95 Å². The molecule has 0 radical (unpaired) electrons. The Morgan fingerprint density at radius 2 is 2.00 bits per heavy atom. The van der Waals surface area contributed by atoms with Crippen molar-refractivity contribution in [3.05, 3.63) is 29.2 Å². The van der Waals surface area contributed by atoms with E-state index in [1.807, 2.05) is 37.8 Å². The van der Waals surface area contributed by atoms with E-state index in [0.29, 0.717) is 12.5 Å². The third-order valence-electron chi connectivity index (χ3n) is 4.12. The zero-order chi connectivity index (χ0) is 16.6. The Kier molecular flexibility index (Phi) is 4.02. The van der Waals surface area contributed by atoms with Gasteiger partial charge in [-0.15, -0.1) is 0 Å². The maximum atomic E-state index is 11.3. The first kappa shape index (κ1) is 15.5. The molecule has 1 N–H and O–H groups in total. The molecule has 7 heteroatoms. The molecule has 1 atom stereocenters. The van der Waals surface area contributed by atoms with E-state index in [-0.39, 0.29) is 5.92 Å². The van der Waals surface area contributed by atoms with E-state index in [0.717, 1.165) is 42.3 Å². The van der Waals surface area contributed by atoms with Crippen LogP contribution in [-0.2, 0) is 4.79 Å². The van der Waals surface area contributed by atoms with Gasteiger partial charge < -0.3 is 10.0 Å². The number of nitrogens with zero attached hydrogens (tertiary/aromatic N) is 5. The largest absolute Gasteiger partial charge is 0.481 e. The molecule has 3 rings (SSSR count). The molecule has 0 aromatic carbocycles. The summed E-state index contributed by atoms with van der Waals surface area (Å²) in [5.74, 6) is 0.226. The van der Waals surface area contributed by atoms with Crippen molar-refractivity contribution < 1.29 is 9.90 Å². The third-order valence-corrected chi connectivity index (χ3v) is 4.12. The van der Waals surface area contributed by atoms with E-state index in [1.165, 1.54) is 0 Å². The quantitative estimate of drug-likeness (QED) is 0.931. The summed E-state index contributed by atoms with van der Waals surface area (Å²) in [5, 5.41) is 13.7. The zero-order valence-electron chi connectivity index (χ0n) is 13.7. The number of anilines is 1. The lowest BCUT2D eigenvalue weighted by Gasteiger charge is -2.31. The summed E-state index contributed by atoms with van der Waals surface area (Å²) >= 11 is 0. The van der Waals surface area contributed by atoms with Crippen LogP contribution in [0.15, 0.2) is 12.1 Å². The minimum atomic E-state index is -0.737. The number of aryl methyl sites for hydroxylation is 3. The maximum absolute atomic E-state index is 11.3. The van der Waals surface area contributed by atoms with Crippen molar-refractivity contribution in [2.45, 2.75) is 33.6 Å². The fraction of sp³-hybridized carbons (Fsp3) is 0.500. The summed E-state index contributed by atoms with van der Waals surface area (Å²) in [6.07, 6.45) is 1.58. The Labute approximate surface area is 135 Å². The van der Waals surface area contributed by atoms with Gasteiger partial charge in [-0.3, -0.25) is 4.79 Å². The Morgan fingerprint density at radius 1 is 1.22 bits per heavy atom. The van der Waals surface area contributed by atoms with Gasteiger partial charge in [0.25, 0.3) is 5.95 Å². The molecule has 1 fully saturated rings. The average molecular weight is 315 g/mol. The number of rotatable bonds is 3. The first-order valence-corrected chi connectivity index (χ1v) is 7.81. The summed E-state index contributed by atoms with van der Waals surface area (Å²) in [6.45, 7) is 7.12. The number of hydrogen-bond acceptors (Lipinski definition) is 5. The van der Waals surface area contributed by atoms with E-state index in [9.17, 15) is 9.90 Å². The number of piperidine rings is 1. The van der Waals surface area contributed by atoms with Gasteiger partial charge in [0, 0.05) is 30.5 Å². The number of aliphatic carboxylic acids is 1. The molecule has 1 saturated heterocycles. The second-order valence-electron chi connectivity index (χ2n) is 6.13. The van der Waals surface area contributed by atoms with Gasteiger partial charge >= 0.3 is 5.97 Å². The third kappa shape index (κ3) is 3.18. The van der Waals surface area contributed by atoms with Gasteiger partial charge in [-0.1, -0.05) is 0 Å². The molecule has 3 heterocycles. The summed E-state index contributed by atoms with van der Waals surface area (Å²) in [5.41, 5.74) is 2.73. The van der Waals surface area contributed by atoms with Crippen molar-refractivity contribution in [2.75, 3.05) is 18.0 Å². The molecule has 1 unspecified atom stereocenters. The molecular weight excluding hydrogens is 294 g/mol. The second kappa shape index (κ2) is 5.98. The lowest BCUT2D eigenvalue weighted by Crippen LogP contribution is -2.39. The Morgan fingerprint density at radius 3 is 2.65 bits per heavy atom. The van der Waals surface area contributed by atoms with Crippen LogP contribution < -0.4 is 4.90 Å². The maximum Gasteiger partial charge on any atom is 0.308 e. The Bertz CT molecular complexity index is 740. The van der Waals surface area contributed by atoms with Gasteiger partial charge in [0.2, 0.25) is 0 Å². The number of hydrogen-bond donors (Lipinski definition) is 1. The predicted octanol–water partition coefficient (Wildman–Crippen LogP) is 1.89. The zero-order valence-corrected chi connectivity index (χ0v) is 13.7. The van der Waals surface area contributed by atoms with Crippen LogP contribution in [0, 0.1) is 26.7 Å². The van der Waals surface area contributed by atoms with Crippen LogP contribution in [0.4, 0.5) is 5.82 Å². The van der Waals surface area contributed by atoms with Crippen molar-refractivity contribution in [2.24, 2.45) is 5.92 Å². The molecule has 1 aliphatic heterocycles. The fourth-order valence-corrected chi connectivity index (χ4v) is 3.01. The molecule has 7 nitrogen and oxygen atoms in total. The first-order valence-electron chi connectivity index (χ1n) is 7.81.